The van der Waals surface area contributed by atoms with E-state index in [2.05, 4.69) is 4.74 Å². The Labute approximate surface area is 162 Å². The van der Waals surface area contributed by atoms with Gasteiger partial charge in [0.05, 0.1) is 0 Å². The Kier molecular flexibility index (Phi) is 6.76. The van der Waals surface area contributed by atoms with Gasteiger partial charge in [0, 0.05) is 5.69 Å². The number of primary amides is 1. The van der Waals surface area contributed by atoms with Crippen LogP contribution < -0.4 is 16.2 Å². The molecule has 0 bridgehead atoms. The van der Waals surface area contributed by atoms with Crippen LogP contribution in [-0.2, 0) is 0 Å². The van der Waals surface area contributed by atoms with E-state index in [1.54, 1.807) is 36.4 Å². The molecule has 0 aliphatic carbocycles. The third-order valence-corrected chi connectivity index (χ3v) is 3.54. The van der Waals surface area contributed by atoms with Crippen LogP contribution >= 0.6 is 0 Å². The minimum absolute atomic E-state index is 0.235. The van der Waals surface area contributed by atoms with Crippen LogP contribution in [0.4, 0.5) is 27.6 Å². The molecule has 29 heavy (non-hydrogen) atoms. The Morgan fingerprint density at radius 1 is 0.793 bits per heavy atom. The monoisotopic (exact) mass is 410 g/mol. The van der Waals surface area contributed by atoms with Crippen molar-refractivity contribution in [2.24, 2.45) is 5.73 Å². The third kappa shape index (κ3) is 6.49. The topological polar surface area (TPSA) is 78.3 Å². The number of carbonyl (C=O) groups is 1. The number of hydrogen-bond donors (Lipinski definition) is 2. The lowest BCUT2D eigenvalue weighted by Gasteiger charge is -2.09. The highest BCUT2D eigenvalue weighted by molar-refractivity contribution is 5.93. The lowest BCUT2D eigenvalue weighted by Crippen LogP contribution is -2.16. The van der Waals surface area contributed by atoms with Gasteiger partial charge < -0.3 is 16.2 Å². The average molecular weight is 410 g/mol. The number of benzene rings is 3. The molecule has 0 spiro atoms. The summed E-state index contributed by atoms with van der Waals surface area (Å²) in [5.41, 5.74) is 11.9. The highest BCUT2D eigenvalue weighted by atomic mass is 19.4. The van der Waals surface area contributed by atoms with E-state index in [0.717, 1.165) is 29.3 Å². The Morgan fingerprint density at radius 2 is 1.24 bits per heavy atom. The number of rotatable bonds is 3. The third-order valence-electron chi connectivity index (χ3n) is 3.54. The Bertz CT molecular complexity index is 951. The molecule has 0 fully saturated rings. The van der Waals surface area contributed by atoms with Crippen LogP contribution in [0.25, 0.3) is 11.1 Å². The van der Waals surface area contributed by atoms with Crippen LogP contribution in [0.15, 0.2) is 66.7 Å². The number of anilines is 1. The van der Waals surface area contributed by atoms with E-state index in [1.165, 1.54) is 12.1 Å². The van der Waals surface area contributed by atoms with E-state index in [-0.39, 0.29) is 5.75 Å². The molecule has 9 heteroatoms. The van der Waals surface area contributed by atoms with Gasteiger partial charge in [-0.05, 0) is 47.5 Å². The molecule has 152 valence electrons. The van der Waals surface area contributed by atoms with Crippen molar-refractivity contribution in [3.63, 3.8) is 0 Å². The van der Waals surface area contributed by atoms with E-state index in [9.17, 15) is 26.7 Å². The molecular weight excluding hydrogens is 395 g/mol. The van der Waals surface area contributed by atoms with E-state index in [4.69, 9.17) is 11.5 Å². The lowest BCUT2D eigenvalue weighted by molar-refractivity contribution is -0.274. The number of nitrogens with two attached hydrogens (primary N) is 2. The summed E-state index contributed by atoms with van der Waals surface area (Å²) >= 11 is 0. The van der Waals surface area contributed by atoms with E-state index in [0.29, 0.717) is 5.69 Å². The first-order valence-corrected chi connectivity index (χ1v) is 8.02. The van der Waals surface area contributed by atoms with Gasteiger partial charge in [-0.3, -0.25) is 4.79 Å². The van der Waals surface area contributed by atoms with Gasteiger partial charge in [-0.25, -0.2) is 8.78 Å². The molecule has 4 N–H and O–H groups in total. The highest BCUT2D eigenvalue weighted by Crippen LogP contribution is 2.26. The van der Waals surface area contributed by atoms with E-state index < -0.39 is 29.5 Å². The largest absolute Gasteiger partial charge is 0.573 e. The molecule has 0 aliphatic heterocycles. The number of carbonyl (C=O) groups excluding carboxylic acids is 1. The maximum atomic E-state index is 12.6. The zero-order valence-electron chi connectivity index (χ0n) is 14.7. The second-order valence-electron chi connectivity index (χ2n) is 5.66. The molecule has 0 saturated carbocycles. The summed E-state index contributed by atoms with van der Waals surface area (Å²) in [6.45, 7) is 0. The quantitative estimate of drug-likeness (QED) is 0.476. The summed E-state index contributed by atoms with van der Waals surface area (Å²) < 4.78 is 64.8. The summed E-state index contributed by atoms with van der Waals surface area (Å²) in [6, 6.07) is 15.9. The highest BCUT2D eigenvalue weighted by Gasteiger charge is 2.30. The number of alkyl halides is 3. The SMILES string of the molecule is NC(=O)c1c(F)cccc1F.Nc1ccc(-c2ccc(OC(F)(F)F)cc2)cc1. The fraction of sp³-hybridized carbons (Fsp3) is 0.0500. The maximum absolute atomic E-state index is 12.6. The molecule has 0 unspecified atom stereocenters. The van der Waals surface area contributed by atoms with E-state index in [1.807, 2.05) is 0 Å². The van der Waals surface area contributed by atoms with Gasteiger partial charge in [0.1, 0.15) is 22.9 Å². The van der Waals surface area contributed by atoms with Crippen LogP contribution in [0.1, 0.15) is 10.4 Å². The average Bonchev–Trinajstić information content (AvgIpc) is 2.62. The first kappa shape index (κ1) is 21.7. The van der Waals surface area contributed by atoms with Crippen molar-refractivity contribution in [2.75, 3.05) is 5.73 Å². The zero-order valence-corrected chi connectivity index (χ0v) is 14.7. The first-order chi connectivity index (χ1) is 13.6. The smallest absolute Gasteiger partial charge is 0.406 e. The Hall–Kier alpha value is -3.62. The Balaban J connectivity index is 0.000000234. The molecule has 0 radical (unpaired) electrons. The Morgan fingerprint density at radius 3 is 1.62 bits per heavy atom. The first-order valence-electron chi connectivity index (χ1n) is 8.02. The molecule has 1 amide bonds. The molecule has 0 aromatic heterocycles. The summed E-state index contributed by atoms with van der Waals surface area (Å²) in [7, 11) is 0. The predicted octanol–water partition coefficient (Wildman–Crippen LogP) is 4.90. The van der Waals surface area contributed by atoms with Gasteiger partial charge in [0.25, 0.3) is 5.91 Å². The summed E-state index contributed by atoms with van der Waals surface area (Å²) in [5.74, 6) is -3.20. The summed E-state index contributed by atoms with van der Waals surface area (Å²) in [6.07, 6.45) is -4.66. The van der Waals surface area contributed by atoms with Crippen LogP contribution in [0, 0.1) is 11.6 Å². The number of amides is 1. The predicted molar refractivity (Wildman–Crippen MR) is 97.8 cm³/mol. The van der Waals surface area contributed by atoms with Crippen LogP contribution in [0.2, 0.25) is 0 Å². The molecule has 3 aromatic rings. The second-order valence-corrected chi connectivity index (χ2v) is 5.66. The number of hydrogen-bond acceptors (Lipinski definition) is 3. The molecule has 0 atom stereocenters. The summed E-state index contributed by atoms with van der Waals surface area (Å²) in [4.78, 5) is 10.4. The van der Waals surface area contributed by atoms with Crippen molar-refractivity contribution in [1.29, 1.82) is 0 Å². The minimum atomic E-state index is -4.66. The van der Waals surface area contributed by atoms with Crippen molar-refractivity contribution < 1.29 is 31.5 Å². The number of ether oxygens (including phenoxy) is 1. The van der Waals surface area contributed by atoms with Crippen molar-refractivity contribution in [3.05, 3.63) is 83.9 Å². The molecule has 3 aromatic carbocycles. The number of nitrogen functional groups attached to an aromatic ring is 1. The summed E-state index contributed by atoms with van der Waals surface area (Å²) in [5, 5.41) is 0. The van der Waals surface area contributed by atoms with Gasteiger partial charge in [0.15, 0.2) is 0 Å². The minimum Gasteiger partial charge on any atom is -0.406 e. The van der Waals surface area contributed by atoms with Gasteiger partial charge in [-0.1, -0.05) is 30.3 Å². The van der Waals surface area contributed by atoms with Gasteiger partial charge in [-0.2, -0.15) is 0 Å². The fourth-order valence-electron chi connectivity index (χ4n) is 2.26. The van der Waals surface area contributed by atoms with Gasteiger partial charge >= 0.3 is 6.36 Å². The van der Waals surface area contributed by atoms with Crippen molar-refractivity contribution >= 4 is 11.6 Å². The van der Waals surface area contributed by atoms with E-state index >= 15 is 0 Å². The lowest BCUT2D eigenvalue weighted by atomic mass is 10.1. The molecular formula is C20H15F5N2O2. The molecule has 3 rings (SSSR count). The molecule has 0 heterocycles. The molecule has 0 saturated heterocycles. The molecule has 4 nitrogen and oxygen atoms in total. The van der Waals surface area contributed by atoms with Gasteiger partial charge in [-0.15, -0.1) is 13.2 Å². The van der Waals surface area contributed by atoms with Crippen molar-refractivity contribution in [1.82, 2.24) is 0 Å². The number of halogens is 5. The van der Waals surface area contributed by atoms with Crippen LogP contribution in [0.3, 0.4) is 0 Å². The molecule has 0 aliphatic rings. The van der Waals surface area contributed by atoms with Crippen molar-refractivity contribution in [2.45, 2.75) is 6.36 Å². The second kappa shape index (κ2) is 9.05. The van der Waals surface area contributed by atoms with Crippen LogP contribution in [-0.4, -0.2) is 12.3 Å². The maximum Gasteiger partial charge on any atom is 0.573 e. The van der Waals surface area contributed by atoms with Crippen molar-refractivity contribution in [3.8, 4) is 16.9 Å². The van der Waals surface area contributed by atoms with Gasteiger partial charge in [0.2, 0.25) is 0 Å². The normalized spacial score (nSPS) is 10.7. The standard InChI is InChI=1S/C13H10F3NO.C7H5F2NO/c14-13(15,16)18-12-7-3-10(4-8-12)9-1-5-11(17)6-2-9;8-4-2-1-3-5(9)6(4)7(10)11/h1-8H,17H2;1-3H,(H2,10,11). The van der Waals surface area contributed by atoms with Crippen LogP contribution in [0.5, 0.6) is 5.75 Å². The zero-order chi connectivity index (χ0) is 21.6. The fourth-order valence-corrected chi connectivity index (χ4v) is 2.26.